The minimum atomic E-state index is -0.162. The van der Waals surface area contributed by atoms with Crippen LogP contribution in [0.3, 0.4) is 0 Å². The van der Waals surface area contributed by atoms with Crippen LogP contribution in [0.2, 0.25) is 0 Å². The Morgan fingerprint density at radius 3 is 2.55 bits per heavy atom. The fraction of sp³-hybridized carbons (Fsp3) is 0.562. The summed E-state index contributed by atoms with van der Waals surface area (Å²) in [5.41, 5.74) is 7.16. The Labute approximate surface area is 121 Å². The Hall–Kier alpha value is -1.71. The number of rotatable bonds is 5. The molecule has 0 saturated heterocycles. The molecule has 0 amide bonds. The van der Waals surface area contributed by atoms with E-state index in [1.165, 1.54) is 5.56 Å². The van der Waals surface area contributed by atoms with Crippen molar-refractivity contribution in [2.45, 2.75) is 45.7 Å². The van der Waals surface area contributed by atoms with Gasteiger partial charge in [0, 0.05) is 6.04 Å². The first-order chi connectivity index (χ1) is 9.52. The summed E-state index contributed by atoms with van der Waals surface area (Å²) in [7, 11) is 0. The van der Waals surface area contributed by atoms with Crippen molar-refractivity contribution in [3.8, 4) is 5.75 Å². The van der Waals surface area contributed by atoms with Gasteiger partial charge in [0.2, 0.25) is 0 Å². The molecule has 2 rings (SSSR count). The molecule has 2 N–H and O–H groups in total. The molecule has 0 bridgehead atoms. The van der Waals surface area contributed by atoms with Crippen molar-refractivity contribution in [3.05, 3.63) is 29.8 Å². The largest absolute Gasteiger partial charge is 0.494 e. The van der Waals surface area contributed by atoms with Crippen LogP contribution >= 0.6 is 0 Å². The van der Waals surface area contributed by atoms with E-state index in [1.807, 2.05) is 19.1 Å². The summed E-state index contributed by atoms with van der Waals surface area (Å²) in [6, 6.07) is 8.65. The molecule has 0 aromatic heterocycles. The van der Waals surface area contributed by atoms with E-state index in [0.717, 1.165) is 12.2 Å². The van der Waals surface area contributed by atoms with Crippen LogP contribution in [0.15, 0.2) is 29.3 Å². The van der Waals surface area contributed by atoms with Crippen molar-refractivity contribution < 1.29 is 4.74 Å². The molecule has 1 aromatic carbocycles. The standard InChI is InChI=1S/C16H25N3O/c1-5-12(3)19-15(17)18-11-16(19,4)13-7-9-14(10-8-13)20-6-2/h7-10,12H,5-6,11H2,1-4H3,(H2,17,18). The Morgan fingerprint density at radius 1 is 1.35 bits per heavy atom. The molecule has 4 heteroatoms. The van der Waals surface area contributed by atoms with Crippen molar-refractivity contribution >= 4 is 5.96 Å². The summed E-state index contributed by atoms with van der Waals surface area (Å²) >= 11 is 0. The highest BCUT2D eigenvalue weighted by Crippen LogP contribution is 2.35. The van der Waals surface area contributed by atoms with Gasteiger partial charge in [-0.15, -0.1) is 0 Å². The number of hydrogen-bond donors (Lipinski definition) is 1. The fourth-order valence-corrected chi connectivity index (χ4v) is 2.84. The summed E-state index contributed by atoms with van der Waals surface area (Å²) in [5, 5.41) is 0. The van der Waals surface area contributed by atoms with E-state index in [-0.39, 0.29) is 5.54 Å². The molecule has 0 saturated carbocycles. The number of nitrogens with zero attached hydrogens (tertiary/aromatic N) is 2. The molecule has 0 radical (unpaired) electrons. The minimum Gasteiger partial charge on any atom is -0.494 e. The summed E-state index contributed by atoms with van der Waals surface area (Å²) in [6.07, 6.45) is 1.04. The molecule has 2 unspecified atom stereocenters. The van der Waals surface area contributed by atoms with Crippen molar-refractivity contribution in [2.24, 2.45) is 10.7 Å². The van der Waals surface area contributed by atoms with Crippen LogP contribution in [0.4, 0.5) is 0 Å². The van der Waals surface area contributed by atoms with E-state index in [2.05, 4.69) is 42.8 Å². The van der Waals surface area contributed by atoms with Crippen LogP contribution in [-0.4, -0.2) is 30.1 Å². The van der Waals surface area contributed by atoms with E-state index in [0.29, 0.717) is 25.2 Å². The zero-order valence-electron chi connectivity index (χ0n) is 12.9. The molecule has 1 aliphatic rings. The molecule has 0 fully saturated rings. The Kier molecular flexibility index (Phi) is 4.21. The molecule has 1 aliphatic heterocycles. The van der Waals surface area contributed by atoms with E-state index in [9.17, 15) is 0 Å². The lowest BCUT2D eigenvalue weighted by Gasteiger charge is -2.40. The quantitative estimate of drug-likeness (QED) is 0.899. The van der Waals surface area contributed by atoms with Gasteiger partial charge in [-0.1, -0.05) is 19.1 Å². The lowest BCUT2D eigenvalue weighted by atomic mass is 9.89. The van der Waals surface area contributed by atoms with Crippen molar-refractivity contribution in [1.29, 1.82) is 0 Å². The lowest BCUT2D eigenvalue weighted by Crippen LogP contribution is -2.51. The molecule has 2 atom stereocenters. The molecule has 110 valence electrons. The molecular weight excluding hydrogens is 250 g/mol. The zero-order valence-corrected chi connectivity index (χ0v) is 12.9. The molecule has 1 aromatic rings. The Balaban J connectivity index is 2.29. The maximum atomic E-state index is 6.10. The third kappa shape index (κ3) is 2.47. The average molecular weight is 275 g/mol. The van der Waals surface area contributed by atoms with E-state index >= 15 is 0 Å². The van der Waals surface area contributed by atoms with Gasteiger partial charge in [-0.2, -0.15) is 0 Å². The smallest absolute Gasteiger partial charge is 0.192 e. The van der Waals surface area contributed by atoms with Crippen LogP contribution < -0.4 is 10.5 Å². The first kappa shape index (κ1) is 14.7. The maximum Gasteiger partial charge on any atom is 0.192 e. The Morgan fingerprint density at radius 2 is 2.00 bits per heavy atom. The average Bonchev–Trinajstić information content (AvgIpc) is 2.76. The number of benzene rings is 1. The highest BCUT2D eigenvalue weighted by molar-refractivity contribution is 5.81. The third-order valence-electron chi connectivity index (χ3n) is 4.15. The van der Waals surface area contributed by atoms with Crippen LogP contribution in [-0.2, 0) is 5.54 Å². The molecular formula is C16H25N3O. The van der Waals surface area contributed by atoms with Gasteiger partial charge in [-0.05, 0) is 44.9 Å². The normalized spacial score (nSPS) is 23.6. The summed E-state index contributed by atoms with van der Waals surface area (Å²) < 4.78 is 5.51. The zero-order chi connectivity index (χ0) is 14.8. The van der Waals surface area contributed by atoms with Gasteiger partial charge in [-0.25, -0.2) is 0 Å². The molecule has 4 nitrogen and oxygen atoms in total. The van der Waals surface area contributed by atoms with Gasteiger partial charge in [0.05, 0.1) is 18.7 Å². The van der Waals surface area contributed by atoms with Crippen LogP contribution in [0.1, 0.15) is 39.7 Å². The second-order valence-electron chi connectivity index (χ2n) is 5.53. The fourth-order valence-electron chi connectivity index (χ4n) is 2.84. The van der Waals surface area contributed by atoms with Gasteiger partial charge in [-0.3, -0.25) is 4.99 Å². The van der Waals surface area contributed by atoms with Crippen LogP contribution in [0.25, 0.3) is 0 Å². The van der Waals surface area contributed by atoms with Gasteiger partial charge >= 0.3 is 0 Å². The predicted molar refractivity (Wildman–Crippen MR) is 83.0 cm³/mol. The number of hydrogen-bond acceptors (Lipinski definition) is 4. The van der Waals surface area contributed by atoms with Crippen LogP contribution in [0.5, 0.6) is 5.75 Å². The van der Waals surface area contributed by atoms with Gasteiger partial charge in [0.1, 0.15) is 5.75 Å². The summed E-state index contributed by atoms with van der Waals surface area (Å²) in [6.45, 7) is 9.96. The summed E-state index contributed by atoms with van der Waals surface area (Å²) in [5.74, 6) is 1.55. The summed E-state index contributed by atoms with van der Waals surface area (Å²) in [4.78, 5) is 6.70. The topological polar surface area (TPSA) is 50.9 Å². The predicted octanol–water partition coefficient (Wildman–Crippen LogP) is 2.73. The van der Waals surface area contributed by atoms with Crippen molar-refractivity contribution in [3.63, 3.8) is 0 Å². The second-order valence-corrected chi connectivity index (χ2v) is 5.53. The molecule has 20 heavy (non-hydrogen) atoms. The molecule has 1 heterocycles. The van der Waals surface area contributed by atoms with Crippen molar-refractivity contribution in [2.75, 3.05) is 13.2 Å². The number of aliphatic imine (C=N–C) groups is 1. The number of ether oxygens (including phenoxy) is 1. The molecule has 0 aliphatic carbocycles. The monoisotopic (exact) mass is 275 g/mol. The number of nitrogens with two attached hydrogens (primary N) is 1. The van der Waals surface area contributed by atoms with Crippen molar-refractivity contribution in [1.82, 2.24) is 4.90 Å². The second kappa shape index (κ2) is 5.73. The van der Waals surface area contributed by atoms with Gasteiger partial charge < -0.3 is 15.4 Å². The highest BCUT2D eigenvalue weighted by atomic mass is 16.5. The van der Waals surface area contributed by atoms with Gasteiger partial charge in [0.15, 0.2) is 5.96 Å². The van der Waals surface area contributed by atoms with E-state index in [4.69, 9.17) is 10.5 Å². The third-order valence-corrected chi connectivity index (χ3v) is 4.15. The first-order valence-corrected chi connectivity index (χ1v) is 7.35. The van der Waals surface area contributed by atoms with E-state index in [1.54, 1.807) is 0 Å². The highest BCUT2D eigenvalue weighted by Gasteiger charge is 2.41. The Bertz CT molecular complexity index is 483. The molecule has 0 spiro atoms. The van der Waals surface area contributed by atoms with E-state index < -0.39 is 0 Å². The van der Waals surface area contributed by atoms with Crippen LogP contribution in [0, 0.1) is 0 Å². The lowest BCUT2D eigenvalue weighted by molar-refractivity contribution is 0.171. The first-order valence-electron chi connectivity index (χ1n) is 7.35. The number of guanidine groups is 1. The SMILES string of the molecule is CCOc1ccc(C2(C)CN=C(N)N2C(C)CC)cc1. The maximum absolute atomic E-state index is 6.10. The minimum absolute atomic E-state index is 0.162. The van der Waals surface area contributed by atoms with Gasteiger partial charge in [0.25, 0.3) is 0 Å².